The Labute approximate surface area is 147 Å². The molecule has 0 saturated carbocycles. The van der Waals surface area contributed by atoms with Crippen LogP contribution in [0.1, 0.15) is 57.4 Å². The Kier molecular flexibility index (Phi) is 6.56. The van der Waals surface area contributed by atoms with Crippen molar-refractivity contribution < 1.29 is 9.84 Å². The molecule has 3 aliphatic rings. The van der Waals surface area contributed by atoms with Crippen molar-refractivity contribution >= 4 is 0 Å². The molecule has 0 amide bonds. The fourth-order valence-electron chi connectivity index (χ4n) is 4.30. The van der Waals surface area contributed by atoms with Crippen LogP contribution in [0.5, 0.6) is 5.75 Å². The first-order valence-corrected chi connectivity index (χ1v) is 9.92. The molecule has 1 aromatic rings. The lowest BCUT2D eigenvalue weighted by molar-refractivity contribution is -0.0716. The number of hydrogen-bond acceptors (Lipinski definition) is 3. The first-order chi connectivity index (χ1) is 11.8. The number of aliphatic hydroxyl groups excluding tert-OH is 1. The molecule has 24 heavy (non-hydrogen) atoms. The molecule has 3 nitrogen and oxygen atoms in total. The van der Waals surface area contributed by atoms with Crippen molar-refractivity contribution in [3.05, 3.63) is 29.8 Å². The van der Waals surface area contributed by atoms with E-state index in [-0.39, 0.29) is 12.1 Å². The van der Waals surface area contributed by atoms with E-state index >= 15 is 0 Å². The van der Waals surface area contributed by atoms with Crippen molar-refractivity contribution in [2.24, 2.45) is 5.92 Å². The maximum absolute atomic E-state index is 10.6. The third-order valence-corrected chi connectivity index (χ3v) is 5.83. The van der Waals surface area contributed by atoms with Gasteiger partial charge in [-0.3, -0.25) is 4.90 Å². The number of nitrogens with zero attached hydrogens (tertiary/aromatic N) is 1. The van der Waals surface area contributed by atoms with Gasteiger partial charge in [-0.2, -0.15) is 0 Å². The third kappa shape index (κ3) is 4.31. The highest BCUT2D eigenvalue weighted by Gasteiger charge is 2.41. The maximum Gasteiger partial charge on any atom is 0.122 e. The van der Waals surface area contributed by atoms with Crippen LogP contribution >= 0.6 is 0 Å². The highest BCUT2D eigenvalue weighted by molar-refractivity contribution is 5.34. The quantitative estimate of drug-likeness (QED) is 0.693. The second-order valence-corrected chi connectivity index (χ2v) is 7.51. The van der Waals surface area contributed by atoms with Gasteiger partial charge >= 0.3 is 0 Å². The first-order valence-electron chi connectivity index (χ1n) is 9.92. The van der Waals surface area contributed by atoms with Gasteiger partial charge in [-0.25, -0.2) is 0 Å². The summed E-state index contributed by atoms with van der Waals surface area (Å²) in [5, 5.41) is 10.6. The Balaban J connectivity index is 1.54. The molecule has 2 unspecified atom stereocenters. The van der Waals surface area contributed by atoms with E-state index < -0.39 is 0 Å². The Bertz CT molecular complexity index is 494. The Hall–Kier alpha value is -1.06. The van der Waals surface area contributed by atoms with E-state index in [0.29, 0.717) is 5.92 Å². The minimum Gasteiger partial charge on any atom is -0.493 e. The number of ether oxygens (including phenoxy) is 1. The molecule has 1 N–H and O–H groups in total. The van der Waals surface area contributed by atoms with Crippen LogP contribution in [0.2, 0.25) is 0 Å². The van der Waals surface area contributed by atoms with Gasteiger partial charge in [0.15, 0.2) is 0 Å². The number of piperidine rings is 3. The summed E-state index contributed by atoms with van der Waals surface area (Å²) in [4.78, 5) is 2.48. The molecule has 2 bridgehead atoms. The van der Waals surface area contributed by atoms with Gasteiger partial charge in [0.2, 0.25) is 0 Å². The van der Waals surface area contributed by atoms with Gasteiger partial charge in [0.25, 0.3) is 0 Å². The molecule has 3 heteroatoms. The summed E-state index contributed by atoms with van der Waals surface area (Å²) in [6.07, 6.45) is 9.37. The van der Waals surface area contributed by atoms with Crippen LogP contribution in [-0.2, 0) is 6.42 Å². The summed E-state index contributed by atoms with van der Waals surface area (Å²) < 4.78 is 6.07. The molecule has 0 spiro atoms. The van der Waals surface area contributed by atoms with Crippen molar-refractivity contribution in [1.29, 1.82) is 0 Å². The summed E-state index contributed by atoms with van der Waals surface area (Å²) in [5.41, 5.74) is 1.25. The zero-order valence-corrected chi connectivity index (χ0v) is 15.1. The van der Waals surface area contributed by atoms with Crippen LogP contribution in [-0.4, -0.2) is 41.8 Å². The number of para-hydroxylation sites is 1. The maximum atomic E-state index is 10.6. The standard InChI is InChI=1S/C21H33NO2/c1-2-3-4-5-8-15-24-20-10-7-6-9-18(20)16-19-21(23)17-11-13-22(19)14-12-17/h6-7,9-10,17,19,21,23H,2-5,8,11-16H2,1H3. The summed E-state index contributed by atoms with van der Waals surface area (Å²) in [6, 6.07) is 8.67. The van der Waals surface area contributed by atoms with Crippen molar-refractivity contribution in [3.63, 3.8) is 0 Å². The van der Waals surface area contributed by atoms with Crippen LogP contribution in [0.15, 0.2) is 24.3 Å². The van der Waals surface area contributed by atoms with Crippen LogP contribution in [0.4, 0.5) is 0 Å². The van der Waals surface area contributed by atoms with Gasteiger partial charge < -0.3 is 9.84 Å². The molecule has 4 rings (SSSR count). The van der Waals surface area contributed by atoms with Gasteiger partial charge in [0.05, 0.1) is 12.7 Å². The molecule has 0 radical (unpaired) electrons. The molecule has 0 aromatic heterocycles. The predicted molar refractivity (Wildman–Crippen MR) is 98.5 cm³/mol. The summed E-state index contributed by atoms with van der Waals surface area (Å²) in [5.74, 6) is 1.52. The van der Waals surface area contributed by atoms with Crippen molar-refractivity contribution in [2.75, 3.05) is 19.7 Å². The van der Waals surface area contributed by atoms with Crippen molar-refractivity contribution in [2.45, 2.75) is 70.4 Å². The second kappa shape index (κ2) is 8.87. The van der Waals surface area contributed by atoms with E-state index in [2.05, 4.69) is 36.1 Å². The molecule has 3 heterocycles. The lowest BCUT2D eigenvalue weighted by Crippen LogP contribution is -2.58. The number of benzene rings is 1. The molecule has 3 fully saturated rings. The minimum absolute atomic E-state index is 0.172. The summed E-state index contributed by atoms with van der Waals surface area (Å²) in [7, 11) is 0. The predicted octanol–water partition coefficient (Wildman–Crippen LogP) is 4.03. The molecule has 0 aliphatic carbocycles. The van der Waals surface area contributed by atoms with E-state index in [9.17, 15) is 5.11 Å². The van der Waals surface area contributed by atoms with Gasteiger partial charge in [0, 0.05) is 6.04 Å². The summed E-state index contributed by atoms with van der Waals surface area (Å²) >= 11 is 0. The van der Waals surface area contributed by atoms with Gasteiger partial charge in [-0.1, -0.05) is 50.8 Å². The van der Waals surface area contributed by atoms with E-state index in [0.717, 1.165) is 51.1 Å². The second-order valence-electron chi connectivity index (χ2n) is 7.51. The van der Waals surface area contributed by atoms with Crippen LogP contribution < -0.4 is 4.74 Å². The van der Waals surface area contributed by atoms with Gasteiger partial charge in [0.1, 0.15) is 5.75 Å². The van der Waals surface area contributed by atoms with E-state index in [4.69, 9.17) is 4.74 Å². The fourth-order valence-corrected chi connectivity index (χ4v) is 4.30. The smallest absolute Gasteiger partial charge is 0.122 e. The SMILES string of the molecule is CCCCCCCOc1ccccc1CC1C(O)C2CCN1CC2. The average Bonchev–Trinajstić information content (AvgIpc) is 2.62. The molecule has 3 saturated heterocycles. The number of aliphatic hydroxyl groups is 1. The largest absolute Gasteiger partial charge is 0.493 e. The first kappa shape index (κ1) is 17.8. The molecule has 2 atom stereocenters. The zero-order chi connectivity index (χ0) is 16.8. The molecule has 134 valence electrons. The average molecular weight is 332 g/mol. The van der Waals surface area contributed by atoms with Crippen LogP contribution in [0.3, 0.4) is 0 Å². The molecule has 1 aromatic carbocycles. The molecule has 3 aliphatic heterocycles. The lowest BCUT2D eigenvalue weighted by atomic mass is 9.78. The van der Waals surface area contributed by atoms with Crippen molar-refractivity contribution in [1.82, 2.24) is 4.90 Å². The molecular formula is C21H33NO2. The minimum atomic E-state index is -0.172. The monoisotopic (exact) mass is 331 g/mol. The van der Waals surface area contributed by atoms with Crippen molar-refractivity contribution in [3.8, 4) is 5.75 Å². The number of rotatable bonds is 9. The Morgan fingerprint density at radius 3 is 2.58 bits per heavy atom. The van der Waals surface area contributed by atoms with Crippen LogP contribution in [0, 0.1) is 5.92 Å². The van der Waals surface area contributed by atoms with E-state index in [1.54, 1.807) is 0 Å². The van der Waals surface area contributed by atoms with E-state index in [1.165, 1.54) is 31.2 Å². The van der Waals surface area contributed by atoms with Gasteiger partial charge in [-0.15, -0.1) is 0 Å². The Morgan fingerprint density at radius 1 is 1.08 bits per heavy atom. The third-order valence-electron chi connectivity index (χ3n) is 5.83. The number of unbranched alkanes of at least 4 members (excludes halogenated alkanes) is 4. The highest BCUT2D eigenvalue weighted by atomic mass is 16.5. The number of fused-ring (bicyclic) bond motifs is 3. The number of hydrogen-bond donors (Lipinski definition) is 1. The van der Waals surface area contributed by atoms with Crippen LogP contribution in [0.25, 0.3) is 0 Å². The Morgan fingerprint density at radius 2 is 1.83 bits per heavy atom. The van der Waals surface area contributed by atoms with E-state index in [1.807, 2.05) is 0 Å². The lowest BCUT2D eigenvalue weighted by Gasteiger charge is -2.49. The normalized spacial score (nSPS) is 28.9. The topological polar surface area (TPSA) is 32.7 Å². The summed E-state index contributed by atoms with van der Waals surface area (Å²) in [6.45, 7) is 5.34. The highest BCUT2D eigenvalue weighted by Crippen LogP contribution is 2.35. The zero-order valence-electron chi connectivity index (χ0n) is 15.1. The van der Waals surface area contributed by atoms with Gasteiger partial charge in [-0.05, 0) is 56.3 Å². The fraction of sp³-hybridized carbons (Fsp3) is 0.714. The molecular weight excluding hydrogens is 298 g/mol.